The molecule has 1 nitrogen and oxygen atoms in total. The van der Waals surface area contributed by atoms with Crippen molar-refractivity contribution in [2.75, 3.05) is 0 Å². The monoisotopic (exact) mass is 198 g/mol. The quantitative estimate of drug-likeness (QED) is 0.635. The van der Waals surface area contributed by atoms with Gasteiger partial charge in [-0.05, 0) is 56.0 Å². The summed E-state index contributed by atoms with van der Waals surface area (Å²) in [6, 6.07) is 1.82. The fourth-order valence-electron chi connectivity index (χ4n) is 1.19. The molecule has 0 aliphatic carbocycles. The molecule has 0 atom stereocenters. The molecule has 64 valence electrons. The molecular formula is C10H14OTi. The van der Waals surface area contributed by atoms with Crippen LogP contribution >= 0.6 is 0 Å². The first-order chi connectivity index (χ1) is 5.04. The van der Waals surface area contributed by atoms with Gasteiger partial charge in [0.1, 0.15) is 5.75 Å². The standard InChI is InChI=1S/C10H14O.Ti/c1-6-5-10(11)9(4)8(3)7(6)2;/h5,11H,1-4H3;. The third kappa shape index (κ3) is 1.91. The zero-order valence-electron chi connectivity index (χ0n) is 8.02. The van der Waals surface area contributed by atoms with Crippen LogP contribution in [0.1, 0.15) is 22.3 Å². The number of aryl methyl sites for hydroxylation is 1. The average molecular weight is 198 g/mol. The van der Waals surface area contributed by atoms with E-state index in [1.807, 2.05) is 26.8 Å². The van der Waals surface area contributed by atoms with Gasteiger partial charge in [-0.15, -0.1) is 0 Å². The van der Waals surface area contributed by atoms with Gasteiger partial charge in [0.05, 0.1) is 0 Å². The molecule has 2 heteroatoms. The molecule has 1 aromatic carbocycles. The first-order valence-electron chi connectivity index (χ1n) is 3.80. The van der Waals surface area contributed by atoms with Crippen molar-refractivity contribution in [1.29, 1.82) is 0 Å². The largest absolute Gasteiger partial charge is 0.508 e. The van der Waals surface area contributed by atoms with Crippen molar-refractivity contribution >= 4 is 0 Å². The minimum atomic E-state index is 0. The maximum absolute atomic E-state index is 9.41. The molecule has 0 saturated heterocycles. The van der Waals surface area contributed by atoms with E-state index in [4.69, 9.17) is 0 Å². The van der Waals surface area contributed by atoms with Crippen molar-refractivity contribution in [3.63, 3.8) is 0 Å². The van der Waals surface area contributed by atoms with Crippen molar-refractivity contribution in [2.24, 2.45) is 0 Å². The van der Waals surface area contributed by atoms with Crippen LogP contribution in [0.15, 0.2) is 6.07 Å². The number of hydrogen-bond donors (Lipinski definition) is 1. The Labute approximate surface area is 88.7 Å². The maximum atomic E-state index is 9.41. The van der Waals surface area contributed by atoms with Crippen LogP contribution in [0.2, 0.25) is 0 Å². The van der Waals surface area contributed by atoms with E-state index in [1.54, 1.807) is 0 Å². The van der Waals surface area contributed by atoms with Gasteiger partial charge in [0.25, 0.3) is 0 Å². The molecule has 0 aliphatic rings. The Bertz CT molecular complexity index is 266. The van der Waals surface area contributed by atoms with Gasteiger partial charge in [-0.2, -0.15) is 0 Å². The Balaban J connectivity index is 0.00000121. The Morgan fingerprint density at radius 1 is 0.917 bits per heavy atom. The zero-order chi connectivity index (χ0) is 8.59. The average Bonchev–Trinajstić information content (AvgIpc) is 1.97. The minimum absolute atomic E-state index is 0. The first-order valence-corrected chi connectivity index (χ1v) is 3.80. The molecule has 0 unspecified atom stereocenters. The summed E-state index contributed by atoms with van der Waals surface area (Å²) in [7, 11) is 0. The minimum Gasteiger partial charge on any atom is -0.508 e. The van der Waals surface area contributed by atoms with Crippen molar-refractivity contribution in [1.82, 2.24) is 0 Å². The molecule has 0 aliphatic heterocycles. The molecule has 1 rings (SSSR count). The van der Waals surface area contributed by atoms with E-state index in [0.717, 1.165) is 11.1 Å². The van der Waals surface area contributed by atoms with Gasteiger partial charge in [0.15, 0.2) is 0 Å². The second-order valence-corrected chi connectivity index (χ2v) is 3.09. The van der Waals surface area contributed by atoms with Crippen LogP contribution in [-0.4, -0.2) is 5.11 Å². The fourth-order valence-corrected chi connectivity index (χ4v) is 1.19. The molecule has 0 aromatic heterocycles. The molecule has 0 spiro atoms. The number of phenolic OH excluding ortho intramolecular Hbond substituents is 1. The summed E-state index contributed by atoms with van der Waals surface area (Å²) in [6.07, 6.45) is 0. The van der Waals surface area contributed by atoms with Gasteiger partial charge >= 0.3 is 0 Å². The zero-order valence-corrected chi connectivity index (χ0v) is 9.59. The van der Waals surface area contributed by atoms with Gasteiger partial charge in [-0.1, -0.05) is 0 Å². The van der Waals surface area contributed by atoms with Gasteiger partial charge in [-0.3, -0.25) is 0 Å². The number of rotatable bonds is 0. The van der Waals surface area contributed by atoms with E-state index < -0.39 is 0 Å². The molecule has 0 amide bonds. The van der Waals surface area contributed by atoms with Gasteiger partial charge in [0.2, 0.25) is 0 Å². The molecular weight excluding hydrogens is 184 g/mol. The summed E-state index contributed by atoms with van der Waals surface area (Å²) in [6.45, 7) is 8.08. The van der Waals surface area contributed by atoms with E-state index in [9.17, 15) is 5.11 Å². The van der Waals surface area contributed by atoms with E-state index in [0.29, 0.717) is 5.75 Å². The van der Waals surface area contributed by atoms with Crippen molar-refractivity contribution in [2.45, 2.75) is 27.7 Å². The molecule has 0 bridgehead atoms. The summed E-state index contributed by atoms with van der Waals surface area (Å²) in [5.74, 6) is 0.408. The summed E-state index contributed by atoms with van der Waals surface area (Å²) in [4.78, 5) is 0. The Kier molecular flexibility index (Phi) is 4.02. The topological polar surface area (TPSA) is 20.2 Å². The van der Waals surface area contributed by atoms with Gasteiger partial charge in [0, 0.05) is 21.7 Å². The van der Waals surface area contributed by atoms with Crippen LogP contribution in [0.5, 0.6) is 5.75 Å². The number of hydrogen-bond acceptors (Lipinski definition) is 1. The molecule has 1 N–H and O–H groups in total. The Morgan fingerprint density at radius 2 is 1.42 bits per heavy atom. The predicted octanol–water partition coefficient (Wildman–Crippen LogP) is 2.62. The van der Waals surface area contributed by atoms with Crippen molar-refractivity contribution < 1.29 is 26.8 Å². The van der Waals surface area contributed by atoms with Crippen LogP contribution in [0.3, 0.4) is 0 Å². The molecule has 12 heavy (non-hydrogen) atoms. The van der Waals surface area contributed by atoms with Gasteiger partial charge in [-0.25, -0.2) is 0 Å². The second-order valence-electron chi connectivity index (χ2n) is 3.09. The Morgan fingerprint density at radius 3 is 1.92 bits per heavy atom. The summed E-state index contributed by atoms with van der Waals surface area (Å²) >= 11 is 0. The second kappa shape index (κ2) is 4.11. The SMILES string of the molecule is Cc1cc(O)c(C)c(C)c1C.[Ti]. The van der Waals surface area contributed by atoms with E-state index in [2.05, 4.69) is 6.92 Å². The molecule has 0 fully saturated rings. The summed E-state index contributed by atoms with van der Waals surface area (Å²) in [5.41, 5.74) is 4.63. The third-order valence-electron chi connectivity index (χ3n) is 2.45. The van der Waals surface area contributed by atoms with Crippen LogP contribution < -0.4 is 0 Å². The molecule has 1 aromatic rings. The maximum Gasteiger partial charge on any atom is 0.119 e. The van der Waals surface area contributed by atoms with Crippen LogP contribution in [0.25, 0.3) is 0 Å². The number of aromatic hydroxyl groups is 1. The Hall–Kier alpha value is -0.266. The van der Waals surface area contributed by atoms with Crippen LogP contribution in [0.4, 0.5) is 0 Å². The smallest absolute Gasteiger partial charge is 0.119 e. The summed E-state index contributed by atoms with van der Waals surface area (Å²) < 4.78 is 0. The fraction of sp³-hybridized carbons (Fsp3) is 0.400. The number of phenols is 1. The van der Waals surface area contributed by atoms with Crippen LogP contribution in [0, 0.1) is 27.7 Å². The molecule has 0 saturated carbocycles. The van der Waals surface area contributed by atoms with E-state index in [1.165, 1.54) is 11.1 Å². The normalized spacial score (nSPS) is 9.33. The van der Waals surface area contributed by atoms with E-state index in [-0.39, 0.29) is 21.7 Å². The van der Waals surface area contributed by atoms with E-state index >= 15 is 0 Å². The number of benzene rings is 1. The summed E-state index contributed by atoms with van der Waals surface area (Å²) in [5, 5.41) is 9.41. The third-order valence-corrected chi connectivity index (χ3v) is 2.45. The van der Waals surface area contributed by atoms with Crippen molar-refractivity contribution in [3.05, 3.63) is 28.3 Å². The first kappa shape index (κ1) is 11.7. The molecule has 0 radical (unpaired) electrons. The van der Waals surface area contributed by atoms with Crippen molar-refractivity contribution in [3.8, 4) is 5.75 Å². The predicted molar refractivity (Wildman–Crippen MR) is 47.1 cm³/mol. The van der Waals surface area contributed by atoms with Gasteiger partial charge < -0.3 is 5.11 Å². The van der Waals surface area contributed by atoms with Crippen LogP contribution in [-0.2, 0) is 21.7 Å². The molecule has 0 heterocycles.